The molecule has 31 heavy (non-hydrogen) atoms. The average molecular weight is 433 g/mol. The lowest BCUT2D eigenvalue weighted by Gasteiger charge is -2.13. The van der Waals surface area contributed by atoms with E-state index in [0.717, 1.165) is 11.3 Å². The van der Waals surface area contributed by atoms with Crippen LogP contribution >= 0.6 is 0 Å². The van der Waals surface area contributed by atoms with Gasteiger partial charge in [-0.3, -0.25) is 9.52 Å². The van der Waals surface area contributed by atoms with Crippen molar-refractivity contribution < 1.29 is 13.2 Å². The van der Waals surface area contributed by atoms with Crippen molar-refractivity contribution in [3.8, 4) is 5.69 Å². The first kappa shape index (κ1) is 20.4. The quantitative estimate of drug-likeness (QED) is 0.467. The van der Waals surface area contributed by atoms with Gasteiger partial charge in [0.05, 0.1) is 22.5 Å². The Morgan fingerprint density at radius 3 is 2.32 bits per heavy atom. The summed E-state index contributed by atoms with van der Waals surface area (Å²) in [5, 5.41) is 2.84. The molecule has 4 aromatic rings. The maximum atomic E-state index is 12.8. The van der Waals surface area contributed by atoms with Crippen LogP contribution in [0.25, 0.3) is 5.69 Å². The minimum absolute atomic E-state index is 0.128. The number of benzene rings is 3. The van der Waals surface area contributed by atoms with Crippen LogP contribution in [0.5, 0.6) is 0 Å². The fraction of sp³-hybridized carbons (Fsp3) is 0.0435. The van der Waals surface area contributed by atoms with Crippen LogP contribution in [-0.2, 0) is 16.6 Å². The molecule has 0 saturated heterocycles. The SMILES string of the molecule is O=C(NCc1ccc(-n2ccnc2)cc1)c1ccccc1NS(=O)(=O)c1ccccc1. The van der Waals surface area contributed by atoms with Crippen LogP contribution < -0.4 is 10.0 Å². The minimum Gasteiger partial charge on any atom is -0.348 e. The van der Waals surface area contributed by atoms with Gasteiger partial charge in [0.25, 0.3) is 15.9 Å². The van der Waals surface area contributed by atoms with Crippen molar-refractivity contribution in [2.75, 3.05) is 4.72 Å². The molecule has 0 fully saturated rings. The number of rotatable bonds is 7. The number of carbonyl (C=O) groups excluding carboxylic acids is 1. The summed E-state index contributed by atoms with van der Waals surface area (Å²) in [5.41, 5.74) is 2.35. The Morgan fingerprint density at radius 1 is 0.903 bits per heavy atom. The molecule has 8 heteroatoms. The average Bonchev–Trinajstić information content (AvgIpc) is 3.34. The van der Waals surface area contributed by atoms with Crippen LogP contribution in [0.3, 0.4) is 0 Å². The predicted octanol–water partition coefficient (Wildman–Crippen LogP) is 3.60. The molecule has 4 rings (SSSR count). The molecule has 1 amide bonds. The van der Waals surface area contributed by atoms with E-state index >= 15 is 0 Å². The fourth-order valence-corrected chi connectivity index (χ4v) is 4.15. The highest BCUT2D eigenvalue weighted by Crippen LogP contribution is 2.20. The number of aromatic nitrogens is 2. The lowest BCUT2D eigenvalue weighted by Crippen LogP contribution is -2.25. The highest BCUT2D eigenvalue weighted by molar-refractivity contribution is 7.92. The number of amides is 1. The number of nitrogens with one attached hydrogen (secondary N) is 2. The van der Waals surface area contributed by atoms with Crippen molar-refractivity contribution in [2.45, 2.75) is 11.4 Å². The van der Waals surface area contributed by atoms with Gasteiger partial charge < -0.3 is 9.88 Å². The summed E-state index contributed by atoms with van der Waals surface area (Å²) in [6, 6.07) is 22.2. The smallest absolute Gasteiger partial charge is 0.261 e. The summed E-state index contributed by atoms with van der Waals surface area (Å²) < 4.78 is 29.7. The first-order chi connectivity index (χ1) is 15.0. The van der Waals surface area contributed by atoms with E-state index in [0.29, 0.717) is 6.54 Å². The Kier molecular flexibility index (Phi) is 5.81. The van der Waals surface area contributed by atoms with E-state index < -0.39 is 10.0 Å². The summed E-state index contributed by atoms with van der Waals surface area (Å²) in [6.07, 6.45) is 5.27. The number of sulfonamides is 1. The zero-order valence-corrected chi connectivity index (χ0v) is 17.3. The van der Waals surface area contributed by atoms with Crippen LogP contribution in [0.2, 0.25) is 0 Å². The molecule has 0 radical (unpaired) electrons. The Balaban J connectivity index is 1.46. The zero-order chi connectivity index (χ0) is 21.7. The van der Waals surface area contributed by atoms with Crippen LogP contribution in [0.4, 0.5) is 5.69 Å². The van der Waals surface area contributed by atoms with Gasteiger partial charge in [0.1, 0.15) is 0 Å². The monoisotopic (exact) mass is 432 g/mol. The van der Waals surface area contributed by atoms with Crippen LogP contribution in [0.1, 0.15) is 15.9 Å². The van der Waals surface area contributed by atoms with Gasteiger partial charge in [-0.1, -0.05) is 42.5 Å². The summed E-state index contributed by atoms with van der Waals surface area (Å²) in [4.78, 5) is 16.9. The number of anilines is 1. The van der Waals surface area contributed by atoms with Crippen LogP contribution in [-0.4, -0.2) is 23.9 Å². The molecule has 3 aromatic carbocycles. The molecule has 1 aromatic heterocycles. The minimum atomic E-state index is -3.80. The van der Waals surface area contributed by atoms with Gasteiger partial charge in [-0.25, -0.2) is 13.4 Å². The topological polar surface area (TPSA) is 93.1 Å². The number of imidazole rings is 1. The van der Waals surface area contributed by atoms with Gasteiger partial charge in [-0.2, -0.15) is 0 Å². The molecule has 0 atom stereocenters. The third-order valence-electron chi connectivity index (χ3n) is 4.66. The van der Waals surface area contributed by atoms with E-state index in [1.165, 1.54) is 12.1 Å². The molecule has 0 saturated carbocycles. The van der Waals surface area contributed by atoms with Gasteiger partial charge in [-0.15, -0.1) is 0 Å². The van der Waals surface area contributed by atoms with Crippen molar-refractivity contribution >= 4 is 21.6 Å². The van der Waals surface area contributed by atoms with Gasteiger partial charge in [0.2, 0.25) is 0 Å². The van der Waals surface area contributed by atoms with Gasteiger partial charge in [0.15, 0.2) is 0 Å². The predicted molar refractivity (Wildman–Crippen MR) is 118 cm³/mol. The highest BCUT2D eigenvalue weighted by Gasteiger charge is 2.18. The molecule has 0 aliphatic rings. The van der Waals surface area contributed by atoms with E-state index in [-0.39, 0.29) is 22.1 Å². The standard InChI is InChI=1S/C23H20N4O3S/c28-23(25-16-18-10-12-19(13-11-18)27-15-14-24-17-27)21-8-4-5-9-22(21)26-31(29,30)20-6-2-1-3-7-20/h1-15,17,26H,16H2,(H,25,28). The maximum Gasteiger partial charge on any atom is 0.261 e. The molecule has 0 aliphatic heterocycles. The molecule has 1 heterocycles. The van der Waals surface area contributed by atoms with E-state index in [1.807, 2.05) is 35.0 Å². The van der Waals surface area contributed by atoms with E-state index in [2.05, 4.69) is 15.0 Å². The van der Waals surface area contributed by atoms with E-state index in [9.17, 15) is 13.2 Å². The number of hydrogen-bond donors (Lipinski definition) is 2. The van der Waals surface area contributed by atoms with E-state index in [1.54, 1.807) is 55.0 Å². The lowest BCUT2D eigenvalue weighted by molar-refractivity contribution is 0.0952. The second kappa shape index (κ2) is 8.85. The van der Waals surface area contributed by atoms with Crippen LogP contribution in [0, 0.1) is 0 Å². The lowest BCUT2D eigenvalue weighted by atomic mass is 10.1. The van der Waals surface area contributed by atoms with Crippen molar-refractivity contribution in [1.29, 1.82) is 0 Å². The Morgan fingerprint density at radius 2 is 1.61 bits per heavy atom. The van der Waals surface area contributed by atoms with Gasteiger partial charge in [0, 0.05) is 24.6 Å². The Hall–Kier alpha value is -3.91. The summed E-state index contributed by atoms with van der Waals surface area (Å²) in [6.45, 7) is 0.308. The molecule has 0 aliphatic carbocycles. The second-order valence-corrected chi connectivity index (χ2v) is 8.47. The first-order valence-corrected chi connectivity index (χ1v) is 11.0. The zero-order valence-electron chi connectivity index (χ0n) is 16.5. The van der Waals surface area contributed by atoms with Crippen LogP contribution in [0.15, 0.2) is 102 Å². The Bertz CT molecular complexity index is 1270. The highest BCUT2D eigenvalue weighted by atomic mass is 32.2. The maximum absolute atomic E-state index is 12.8. The third kappa shape index (κ3) is 4.81. The largest absolute Gasteiger partial charge is 0.348 e. The van der Waals surface area contributed by atoms with Crippen molar-refractivity contribution in [3.63, 3.8) is 0 Å². The van der Waals surface area contributed by atoms with E-state index in [4.69, 9.17) is 0 Å². The molecule has 156 valence electrons. The fourth-order valence-electron chi connectivity index (χ4n) is 3.05. The molecular weight excluding hydrogens is 412 g/mol. The summed E-state index contributed by atoms with van der Waals surface area (Å²) in [5.74, 6) is -0.370. The van der Waals surface area contributed by atoms with Crippen molar-refractivity contribution in [3.05, 3.63) is 109 Å². The number of nitrogens with zero attached hydrogens (tertiary/aromatic N) is 2. The normalized spacial score (nSPS) is 11.1. The van der Waals surface area contributed by atoms with Gasteiger partial charge in [-0.05, 0) is 42.0 Å². The Labute approximate surface area is 180 Å². The molecule has 7 nitrogen and oxygen atoms in total. The van der Waals surface area contributed by atoms with Crippen molar-refractivity contribution in [2.24, 2.45) is 0 Å². The molecule has 0 spiro atoms. The molecule has 0 bridgehead atoms. The number of hydrogen-bond acceptors (Lipinski definition) is 4. The first-order valence-electron chi connectivity index (χ1n) is 9.55. The molecule has 2 N–H and O–H groups in total. The second-order valence-electron chi connectivity index (χ2n) is 6.78. The number of para-hydroxylation sites is 1. The summed E-state index contributed by atoms with van der Waals surface area (Å²) >= 11 is 0. The molecule has 0 unspecified atom stereocenters. The van der Waals surface area contributed by atoms with Crippen molar-refractivity contribution in [1.82, 2.24) is 14.9 Å². The van der Waals surface area contributed by atoms with Gasteiger partial charge >= 0.3 is 0 Å². The summed E-state index contributed by atoms with van der Waals surface area (Å²) in [7, 11) is -3.80. The number of carbonyl (C=O) groups is 1. The third-order valence-corrected chi connectivity index (χ3v) is 6.04. The molecular formula is C23H20N4O3S.